The van der Waals surface area contributed by atoms with E-state index in [2.05, 4.69) is 5.32 Å². The molecule has 3 nitrogen and oxygen atoms in total. The molecule has 12 heavy (non-hydrogen) atoms. The standard InChI is InChI=1S/C9H18N2O/c10-5-1-3-8-4-2-6-11-9(12)7-8/h8H,1-7,10H2,(H,11,12). The molecule has 1 amide bonds. The minimum Gasteiger partial charge on any atom is -0.356 e. The summed E-state index contributed by atoms with van der Waals surface area (Å²) in [5, 5.41) is 2.88. The van der Waals surface area contributed by atoms with E-state index in [9.17, 15) is 4.79 Å². The number of rotatable bonds is 3. The molecule has 0 bridgehead atoms. The van der Waals surface area contributed by atoms with Gasteiger partial charge in [-0.3, -0.25) is 4.79 Å². The third-order valence-corrected chi connectivity index (χ3v) is 2.40. The van der Waals surface area contributed by atoms with E-state index in [-0.39, 0.29) is 5.91 Å². The normalized spacial score (nSPS) is 24.8. The summed E-state index contributed by atoms with van der Waals surface area (Å²) in [6.45, 7) is 1.61. The summed E-state index contributed by atoms with van der Waals surface area (Å²) in [6, 6.07) is 0. The summed E-state index contributed by atoms with van der Waals surface area (Å²) in [5.74, 6) is 0.797. The van der Waals surface area contributed by atoms with Crippen molar-refractivity contribution < 1.29 is 4.79 Å². The Morgan fingerprint density at radius 1 is 1.58 bits per heavy atom. The second-order valence-corrected chi connectivity index (χ2v) is 3.49. The van der Waals surface area contributed by atoms with Crippen molar-refractivity contribution in [1.82, 2.24) is 5.32 Å². The SMILES string of the molecule is NCCCC1CCCNC(=O)C1. The maximum Gasteiger partial charge on any atom is 0.220 e. The van der Waals surface area contributed by atoms with Crippen LogP contribution < -0.4 is 11.1 Å². The molecule has 1 fully saturated rings. The van der Waals surface area contributed by atoms with E-state index in [0.717, 1.165) is 32.4 Å². The first-order valence-electron chi connectivity index (χ1n) is 4.79. The Hall–Kier alpha value is -0.570. The Morgan fingerprint density at radius 2 is 2.42 bits per heavy atom. The summed E-state index contributed by atoms with van der Waals surface area (Å²) in [4.78, 5) is 11.1. The van der Waals surface area contributed by atoms with E-state index >= 15 is 0 Å². The summed E-state index contributed by atoms with van der Waals surface area (Å²) in [6.07, 6.45) is 5.18. The van der Waals surface area contributed by atoms with Crippen molar-refractivity contribution in [1.29, 1.82) is 0 Å². The van der Waals surface area contributed by atoms with Gasteiger partial charge in [0.1, 0.15) is 0 Å². The Bertz CT molecular complexity index is 147. The van der Waals surface area contributed by atoms with Crippen molar-refractivity contribution in [2.24, 2.45) is 11.7 Å². The molecule has 1 rings (SSSR count). The summed E-state index contributed by atoms with van der Waals surface area (Å²) in [7, 11) is 0. The van der Waals surface area contributed by atoms with Crippen molar-refractivity contribution in [2.45, 2.75) is 32.1 Å². The third kappa shape index (κ3) is 3.22. The quantitative estimate of drug-likeness (QED) is 0.653. The highest BCUT2D eigenvalue weighted by Gasteiger charge is 2.16. The number of hydrogen-bond acceptors (Lipinski definition) is 2. The van der Waals surface area contributed by atoms with Crippen molar-refractivity contribution in [3.05, 3.63) is 0 Å². The van der Waals surface area contributed by atoms with Gasteiger partial charge in [-0.05, 0) is 38.1 Å². The zero-order chi connectivity index (χ0) is 8.81. The molecule has 0 aliphatic carbocycles. The fourth-order valence-corrected chi connectivity index (χ4v) is 1.71. The van der Waals surface area contributed by atoms with Gasteiger partial charge in [0, 0.05) is 13.0 Å². The van der Waals surface area contributed by atoms with E-state index < -0.39 is 0 Å². The van der Waals surface area contributed by atoms with Crippen LogP contribution in [0.5, 0.6) is 0 Å². The predicted molar refractivity (Wildman–Crippen MR) is 48.6 cm³/mol. The van der Waals surface area contributed by atoms with Gasteiger partial charge in [0.25, 0.3) is 0 Å². The molecule has 0 aromatic carbocycles. The van der Waals surface area contributed by atoms with Gasteiger partial charge in [-0.1, -0.05) is 0 Å². The van der Waals surface area contributed by atoms with E-state index in [1.54, 1.807) is 0 Å². The molecule has 3 N–H and O–H groups in total. The van der Waals surface area contributed by atoms with Crippen LogP contribution in [-0.2, 0) is 4.79 Å². The predicted octanol–water partition coefficient (Wildman–Crippen LogP) is 0.642. The smallest absolute Gasteiger partial charge is 0.220 e. The highest BCUT2D eigenvalue weighted by atomic mass is 16.1. The first kappa shape index (κ1) is 9.52. The maximum atomic E-state index is 11.1. The Morgan fingerprint density at radius 3 is 3.17 bits per heavy atom. The molecule has 1 heterocycles. The van der Waals surface area contributed by atoms with Crippen molar-refractivity contribution in [3.8, 4) is 0 Å². The van der Waals surface area contributed by atoms with Crippen LogP contribution in [0.2, 0.25) is 0 Å². The highest BCUT2D eigenvalue weighted by Crippen LogP contribution is 2.18. The lowest BCUT2D eigenvalue weighted by molar-refractivity contribution is -0.121. The average Bonchev–Trinajstić information content (AvgIpc) is 2.26. The van der Waals surface area contributed by atoms with Gasteiger partial charge in [-0.25, -0.2) is 0 Å². The van der Waals surface area contributed by atoms with Gasteiger partial charge in [0.2, 0.25) is 5.91 Å². The molecule has 1 aliphatic heterocycles. The summed E-state index contributed by atoms with van der Waals surface area (Å²) < 4.78 is 0. The minimum atomic E-state index is 0.217. The second kappa shape index (κ2) is 5.14. The third-order valence-electron chi connectivity index (χ3n) is 2.40. The topological polar surface area (TPSA) is 55.1 Å². The molecular formula is C9H18N2O. The summed E-state index contributed by atoms with van der Waals surface area (Å²) >= 11 is 0. The molecule has 3 heteroatoms. The van der Waals surface area contributed by atoms with Gasteiger partial charge >= 0.3 is 0 Å². The fraction of sp³-hybridized carbons (Fsp3) is 0.889. The van der Waals surface area contributed by atoms with Crippen molar-refractivity contribution >= 4 is 5.91 Å². The van der Waals surface area contributed by atoms with Crippen molar-refractivity contribution in [2.75, 3.05) is 13.1 Å². The molecule has 1 atom stereocenters. The van der Waals surface area contributed by atoms with Gasteiger partial charge < -0.3 is 11.1 Å². The number of nitrogens with one attached hydrogen (secondary N) is 1. The van der Waals surface area contributed by atoms with Crippen LogP contribution in [-0.4, -0.2) is 19.0 Å². The van der Waals surface area contributed by atoms with Crippen LogP contribution in [0.1, 0.15) is 32.1 Å². The number of nitrogens with two attached hydrogens (primary N) is 1. The molecule has 0 aromatic rings. The zero-order valence-electron chi connectivity index (χ0n) is 7.51. The Balaban J connectivity index is 2.26. The van der Waals surface area contributed by atoms with Gasteiger partial charge in [-0.15, -0.1) is 0 Å². The zero-order valence-corrected chi connectivity index (χ0v) is 7.51. The van der Waals surface area contributed by atoms with Gasteiger partial charge in [0.15, 0.2) is 0 Å². The lowest BCUT2D eigenvalue weighted by atomic mass is 9.95. The first-order chi connectivity index (χ1) is 5.83. The second-order valence-electron chi connectivity index (χ2n) is 3.49. The molecule has 1 unspecified atom stereocenters. The largest absolute Gasteiger partial charge is 0.356 e. The molecule has 1 aliphatic rings. The van der Waals surface area contributed by atoms with Crippen LogP contribution >= 0.6 is 0 Å². The minimum absolute atomic E-state index is 0.217. The number of hydrogen-bond donors (Lipinski definition) is 2. The van der Waals surface area contributed by atoms with Gasteiger partial charge in [-0.2, -0.15) is 0 Å². The van der Waals surface area contributed by atoms with E-state index in [0.29, 0.717) is 12.3 Å². The molecule has 70 valence electrons. The number of carbonyl (C=O) groups excluding carboxylic acids is 1. The molecular weight excluding hydrogens is 152 g/mol. The van der Waals surface area contributed by atoms with Gasteiger partial charge in [0.05, 0.1) is 0 Å². The van der Waals surface area contributed by atoms with Crippen LogP contribution in [0.25, 0.3) is 0 Å². The first-order valence-corrected chi connectivity index (χ1v) is 4.79. The van der Waals surface area contributed by atoms with Crippen LogP contribution in [0, 0.1) is 5.92 Å². The summed E-state index contributed by atoms with van der Waals surface area (Å²) in [5.41, 5.74) is 5.42. The number of amides is 1. The average molecular weight is 170 g/mol. The lowest BCUT2D eigenvalue weighted by Crippen LogP contribution is -2.22. The molecule has 0 spiro atoms. The highest BCUT2D eigenvalue weighted by molar-refractivity contribution is 5.76. The Kier molecular flexibility index (Phi) is 4.08. The number of carbonyl (C=O) groups is 1. The van der Waals surface area contributed by atoms with Crippen LogP contribution in [0.3, 0.4) is 0 Å². The molecule has 0 saturated carbocycles. The monoisotopic (exact) mass is 170 g/mol. The van der Waals surface area contributed by atoms with Crippen molar-refractivity contribution in [3.63, 3.8) is 0 Å². The molecule has 0 aromatic heterocycles. The lowest BCUT2D eigenvalue weighted by Gasteiger charge is -2.10. The fourth-order valence-electron chi connectivity index (χ4n) is 1.71. The van der Waals surface area contributed by atoms with E-state index in [4.69, 9.17) is 5.73 Å². The molecule has 0 radical (unpaired) electrons. The molecule has 1 saturated heterocycles. The van der Waals surface area contributed by atoms with E-state index in [1.807, 2.05) is 0 Å². The van der Waals surface area contributed by atoms with Crippen LogP contribution in [0.4, 0.5) is 0 Å². The van der Waals surface area contributed by atoms with E-state index in [1.165, 1.54) is 6.42 Å². The van der Waals surface area contributed by atoms with Crippen LogP contribution in [0.15, 0.2) is 0 Å². The maximum absolute atomic E-state index is 11.1. The Labute approximate surface area is 73.7 Å².